The van der Waals surface area contributed by atoms with E-state index in [0.29, 0.717) is 17.5 Å². The largest absolute Gasteiger partial charge is 0.481 e. The van der Waals surface area contributed by atoms with Crippen molar-refractivity contribution in [2.45, 2.75) is 26.2 Å². The van der Waals surface area contributed by atoms with Gasteiger partial charge < -0.3 is 5.11 Å². The van der Waals surface area contributed by atoms with Gasteiger partial charge in [0.1, 0.15) is 5.82 Å². The Morgan fingerprint density at radius 3 is 2.35 bits per heavy atom. The maximum absolute atomic E-state index is 13.6. The second kappa shape index (κ2) is 5.87. The molecule has 0 aromatic heterocycles. The van der Waals surface area contributed by atoms with Crippen LogP contribution in [0.2, 0.25) is 0 Å². The minimum atomic E-state index is -0.936. The average Bonchev–Trinajstić information content (AvgIpc) is 2.41. The number of carboxylic acids is 1. The first-order valence-electron chi connectivity index (χ1n) is 6.52. The number of hydrogen-bond donors (Lipinski definition) is 1. The van der Waals surface area contributed by atoms with Crippen molar-refractivity contribution in [1.82, 2.24) is 0 Å². The molecule has 0 amide bonds. The van der Waals surface area contributed by atoms with Crippen molar-refractivity contribution in [3.8, 4) is 0 Å². The summed E-state index contributed by atoms with van der Waals surface area (Å²) in [6.45, 7) is 3.64. The van der Waals surface area contributed by atoms with Crippen molar-refractivity contribution in [1.29, 1.82) is 0 Å². The summed E-state index contributed by atoms with van der Waals surface area (Å²) in [5, 5.41) is 9.38. The highest BCUT2D eigenvalue weighted by Gasteiger charge is 2.21. The molecule has 2 aromatic carbocycles. The maximum Gasteiger partial charge on any atom is 0.311 e. The van der Waals surface area contributed by atoms with Gasteiger partial charge in [-0.3, -0.25) is 4.79 Å². The third-order valence-electron chi connectivity index (χ3n) is 3.46. The van der Waals surface area contributed by atoms with Crippen LogP contribution in [-0.4, -0.2) is 11.1 Å². The monoisotopic (exact) mass is 272 g/mol. The lowest BCUT2D eigenvalue weighted by Crippen LogP contribution is -2.14. The van der Waals surface area contributed by atoms with Gasteiger partial charge in [0.05, 0.1) is 5.92 Å². The maximum atomic E-state index is 13.6. The van der Waals surface area contributed by atoms with E-state index in [1.807, 2.05) is 31.2 Å². The molecule has 0 aliphatic carbocycles. The number of aliphatic carboxylic acids is 1. The number of halogens is 1. The number of rotatable bonds is 4. The lowest BCUT2D eigenvalue weighted by atomic mass is 9.91. The van der Waals surface area contributed by atoms with Gasteiger partial charge in [-0.25, -0.2) is 4.39 Å². The second-order valence-corrected chi connectivity index (χ2v) is 5.09. The van der Waals surface area contributed by atoms with Crippen molar-refractivity contribution in [3.05, 3.63) is 70.5 Å². The van der Waals surface area contributed by atoms with Crippen LogP contribution in [0.3, 0.4) is 0 Å². The van der Waals surface area contributed by atoms with Gasteiger partial charge in [-0.1, -0.05) is 42.0 Å². The molecule has 1 atom stereocenters. The summed E-state index contributed by atoms with van der Waals surface area (Å²) in [5.74, 6) is -2.03. The van der Waals surface area contributed by atoms with E-state index in [4.69, 9.17) is 0 Å². The molecule has 0 aliphatic heterocycles. The summed E-state index contributed by atoms with van der Waals surface area (Å²) in [6, 6.07) is 12.4. The topological polar surface area (TPSA) is 37.3 Å². The molecule has 1 unspecified atom stereocenters. The molecule has 3 heteroatoms. The van der Waals surface area contributed by atoms with Gasteiger partial charge in [0.15, 0.2) is 0 Å². The highest BCUT2D eigenvalue weighted by Crippen LogP contribution is 2.23. The van der Waals surface area contributed by atoms with Gasteiger partial charge >= 0.3 is 5.97 Å². The number of carbonyl (C=O) groups is 1. The van der Waals surface area contributed by atoms with Crippen molar-refractivity contribution in [2.24, 2.45) is 0 Å². The molecule has 0 saturated carbocycles. The lowest BCUT2D eigenvalue weighted by Gasteiger charge is -2.14. The van der Waals surface area contributed by atoms with Crippen LogP contribution in [0.1, 0.15) is 28.2 Å². The molecule has 20 heavy (non-hydrogen) atoms. The zero-order chi connectivity index (χ0) is 14.7. The standard InChI is InChI=1S/C17H17FO2/c1-11-3-6-13(7-4-11)9-15(17(19)20)14-8-5-12(2)16(18)10-14/h3-8,10,15H,9H2,1-2H3,(H,19,20). The Kier molecular flexibility index (Phi) is 4.18. The predicted octanol–water partition coefficient (Wildman–Crippen LogP) is 3.85. The van der Waals surface area contributed by atoms with Gasteiger partial charge in [-0.05, 0) is 43.0 Å². The van der Waals surface area contributed by atoms with Crippen LogP contribution in [-0.2, 0) is 11.2 Å². The van der Waals surface area contributed by atoms with Crippen LogP contribution in [0, 0.1) is 19.7 Å². The number of benzene rings is 2. The van der Waals surface area contributed by atoms with Gasteiger partial charge in [-0.15, -0.1) is 0 Å². The molecule has 0 saturated heterocycles. The quantitative estimate of drug-likeness (QED) is 0.917. The Morgan fingerprint density at radius 1 is 1.15 bits per heavy atom. The first-order valence-corrected chi connectivity index (χ1v) is 6.52. The summed E-state index contributed by atoms with van der Waals surface area (Å²) < 4.78 is 13.6. The summed E-state index contributed by atoms with van der Waals surface area (Å²) in [6.07, 6.45) is 0.359. The Hall–Kier alpha value is -2.16. The Labute approximate surface area is 117 Å². The van der Waals surface area contributed by atoms with E-state index < -0.39 is 11.9 Å². The van der Waals surface area contributed by atoms with Gasteiger partial charge in [0.25, 0.3) is 0 Å². The summed E-state index contributed by atoms with van der Waals surface area (Å²) >= 11 is 0. The van der Waals surface area contributed by atoms with E-state index in [2.05, 4.69) is 0 Å². The number of carboxylic acid groups (broad SMARTS) is 1. The second-order valence-electron chi connectivity index (χ2n) is 5.09. The van der Waals surface area contributed by atoms with Crippen molar-refractivity contribution < 1.29 is 14.3 Å². The molecule has 0 spiro atoms. The third kappa shape index (κ3) is 3.23. The van der Waals surface area contributed by atoms with Crippen molar-refractivity contribution in [2.75, 3.05) is 0 Å². The van der Waals surface area contributed by atoms with Crippen molar-refractivity contribution >= 4 is 5.97 Å². The first kappa shape index (κ1) is 14.3. The van der Waals surface area contributed by atoms with Crippen LogP contribution in [0.5, 0.6) is 0 Å². The van der Waals surface area contributed by atoms with E-state index in [9.17, 15) is 14.3 Å². The first-order chi connectivity index (χ1) is 9.47. The fourth-order valence-electron chi connectivity index (χ4n) is 2.13. The molecule has 0 bridgehead atoms. The van der Waals surface area contributed by atoms with Crippen molar-refractivity contribution in [3.63, 3.8) is 0 Å². The molecule has 0 fully saturated rings. The normalized spacial score (nSPS) is 12.2. The van der Waals surface area contributed by atoms with Gasteiger partial charge in [0, 0.05) is 0 Å². The molecule has 2 nitrogen and oxygen atoms in total. The molecular formula is C17H17FO2. The molecule has 2 aromatic rings. The van der Waals surface area contributed by atoms with E-state index in [0.717, 1.165) is 11.1 Å². The zero-order valence-electron chi connectivity index (χ0n) is 11.6. The van der Waals surface area contributed by atoms with Gasteiger partial charge in [0.2, 0.25) is 0 Å². The Morgan fingerprint density at radius 2 is 1.80 bits per heavy atom. The summed E-state index contributed by atoms with van der Waals surface area (Å²) in [4.78, 5) is 11.4. The van der Waals surface area contributed by atoms with E-state index in [-0.39, 0.29) is 5.82 Å². The molecular weight excluding hydrogens is 255 g/mol. The van der Waals surface area contributed by atoms with E-state index in [1.165, 1.54) is 6.07 Å². The number of aryl methyl sites for hydroxylation is 2. The van der Waals surface area contributed by atoms with Crippen LogP contribution < -0.4 is 0 Å². The minimum Gasteiger partial charge on any atom is -0.481 e. The van der Waals surface area contributed by atoms with E-state index >= 15 is 0 Å². The highest BCUT2D eigenvalue weighted by molar-refractivity contribution is 5.76. The third-order valence-corrected chi connectivity index (χ3v) is 3.46. The molecule has 2 rings (SSSR count). The molecule has 0 heterocycles. The Bertz CT molecular complexity index is 617. The summed E-state index contributed by atoms with van der Waals surface area (Å²) in [7, 11) is 0. The van der Waals surface area contributed by atoms with Gasteiger partial charge in [-0.2, -0.15) is 0 Å². The Balaban J connectivity index is 2.29. The smallest absolute Gasteiger partial charge is 0.311 e. The minimum absolute atomic E-state index is 0.359. The molecule has 0 radical (unpaired) electrons. The predicted molar refractivity (Wildman–Crippen MR) is 76.4 cm³/mol. The van der Waals surface area contributed by atoms with Crippen LogP contribution in [0.15, 0.2) is 42.5 Å². The summed E-state index contributed by atoms with van der Waals surface area (Å²) in [5.41, 5.74) is 3.08. The fraction of sp³-hybridized carbons (Fsp3) is 0.235. The molecule has 1 N–H and O–H groups in total. The van der Waals surface area contributed by atoms with Crippen LogP contribution >= 0.6 is 0 Å². The highest BCUT2D eigenvalue weighted by atomic mass is 19.1. The van der Waals surface area contributed by atoms with E-state index in [1.54, 1.807) is 19.1 Å². The molecule has 104 valence electrons. The zero-order valence-corrected chi connectivity index (χ0v) is 11.6. The van der Waals surface area contributed by atoms with Crippen LogP contribution in [0.25, 0.3) is 0 Å². The average molecular weight is 272 g/mol. The fourth-order valence-corrected chi connectivity index (χ4v) is 2.13. The SMILES string of the molecule is Cc1ccc(CC(C(=O)O)c2ccc(C)c(F)c2)cc1. The lowest BCUT2D eigenvalue weighted by molar-refractivity contribution is -0.138. The molecule has 0 aliphatic rings. The van der Waals surface area contributed by atoms with Crippen LogP contribution in [0.4, 0.5) is 4.39 Å². The number of hydrogen-bond acceptors (Lipinski definition) is 1.